The van der Waals surface area contributed by atoms with Crippen LogP contribution in [0.15, 0.2) is 30.3 Å². The monoisotopic (exact) mass is 177 g/mol. The fourth-order valence-corrected chi connectivity index (χ4v) is 1.35. The zero-order valence-corrected chi connectivity index (χ0v) is 7.36. The molecule has 0 radical (unpaired) electrons. The number of hydrogen-bond donors (Lipinski definition) is 1. The van der Waals surface area contributed by atoms with Crippen molar-refractivity contribution in [2.75, 3.05) is 7.05 Å². The lowest BCUT2D eigenvalue weighted by Crippen LogP contribution is -2.23. The van der Waals surface area contributed by atoms with Crippen LogP contribution in [0.4, 0.5) is 0 Å². The smallest absolute Gasteiger partial charge is 0.252 e. The van der Waals surface area contributed by atoms with Crippen LogP contribution in [0.3, 0.4) is 0 Å². The second kappa shape index (κ2) is 3.18. The molecule has 0 unspecified atom stereocenters. The third-order valence-corrected chi connectivity index (χ3v) is 2.12. The second-order valence-electron chi connectivity index (χ2n) is 3.00. The van der Waals surface area contributed by atoms with Crippen LogP contribution in [0.2, 0.25) is 0 Å². The Morgan fingerprint density at radius 1 is 1.38 bits per heavy atom. The van der Waals surface area contributed by atoms with E-state index in [0.717, 1.165) is 5.56 Å². The molecule has 2 rings (SSSR count). The van der Waals surface area contributed by atoms with Gasteiger partial charge in [0.25, 0.3) is 5.91 Å². The van der Waals surface area contributed by atoms with Gasteiger partial charge in [-0.15, -0.1) is 0 Å². The molecule has 3 nitrogen and oxygen atoms in total. The zero-order valence-electron chi connectivity index (χ0n) is 7.36. The van der Waals surface area contributed by atoms with Gasteiger partial charge in [-0.3, -0.25) is 4.79 Å². The van der Waals surface area contributed by atoms with Crippen molar-refractivity contribution in [2.45, 2.75) is 12.2 Å². The Bertz CT molecular complexity index is 310. The fourth-order valence-electron chi connectivity index (χ4n) is 1.35. The standard InChI is InChI=1S/C10H11NO2/c1-11-10(12)9-8(13-9)7-5-3-2-4-6-7/h2-6,8-9H,1H3,(H,11,12)/t8-,9-/m1/s1. The molecule has 1 heterocycles. The molecule has 1 aromatic carbocycles. The van der Waals surface area contributed by atoms with Gasteiger partial charge in [0.1, 0.15) is 6.10 Å². The van der Waals surface area contributed by atoms with E-state index < -0.39 is 0 Å². The van der Waals surface area contributed by atoms with Crippen LogP contribution < -0.4 is 5.32 Å². The lowest BCUT2D eigenvalue weighted by Gasteiger charge is -1.94. The third kappa shape index (κ3) is 1.55. The summed E-state index contributed by atoms with van der Waals surface area (Å²) < 4.78 is 5.24. The summed E-state index contributed by atoms with van der Waals surface area (Å²) in [4.78, 5) is 11.1. The van der Waals surface area contributed by atoms with Crippen molar-refractivity contribution in [1.29, 1.82) is 0 Å². The van der Waals surface area contributed by atoms with Crippen LogP contribution in [0, 0.1) is 0 Å². The predicted octanol–water partition coefficient (Wildman–Crippen LogP) is 0.872. The second-order valence-corrected chi connectivity index (χ2v) is 3.00. The van der Waals surface area contributed by atoms with Crippen molar-refractivity contribution < 1.29 is 9.53 Å². The van der Waals surface area contributed by atoms with Crippen LogP contribution in [-0.4, -0.2) is 19.1 Å². The Balaban J connectivity index is 2.04. The van der Waals surface area contributed by atoms with Crippen LogP contribution in [-0.2, 0) is 9.53 Å². The maximum Gasteiger partial charge on any atom is 0.252 e. The molecule has 0 aromatic heterocycles. The molecule has 1 fully saturated rings. The zero-order chi connectivity index (χ0) is 9.26. The molecule has 68 valence electrons. The molecular formula is C10H11NO2. The number of amides is 1. The molecule has 0 bridgehead atoms. The van der Waals surface area contributed by atoms with Gasteiger partial charge in [-0.1, -0.05) is 30.3 Å². The highest BCUT2D eigenvalue weighted by Gasteiger charge is 2.45. The molecule has 13 heavy (non-hydrogen) atoms. The average Bonchev–Trinajstić information content (AvgIpc) is 2.98. The highest BCUT2D eigenvalue weighted by Crippen LogP contribution is 2.38. The first-order valence-electron chi connectivity index (χ1n) is 4.25. The van der Waals surface area contributed by atoms with Crippen molar-refractivity contribution in [3.05, 3.63) is 35.9 Å². The minimum Gasteiger partial charge on any atom is -0.357 e. The van der Waals surface area contributed by atoms with E-state index in [-0.39, 0.29) is 18.1 Å². The van der Waals surface area contributed by atoms with Gasteiger partial charge >= 0.3 is 0 Å². The van der Waals surface area contributed by atoms with E-state index >= 15 is 0 Å². The van der Waals surface area contributed by atoms with Gasteiger partial charge in [0.2, 0.25) is 0 Å². The van der Waals surface area contributed by atoms with E-state index in [1.807, 2.05) is 30.3 Å². The lowest BCUT2D eigenvalue weighted by molar-refractivity contribution is -0.121. The maximum atomic E-state index is 11.1. The quantitative estimate of drug-likeness (QED) is 0.681. The van der Waals surface area contributed by atoms with E-state index in [4.69, 9.17) is 4.74 Å². The van der Waals surface area contributed by atoms with Crippen molar-refractivity contribution in [3.8, 4) is 0 Å². The summed E-state index contributed by atoms with van der Waals surface area (Å²) in [6.45, 7) is 0. The van der Waals surface area contributed by atoms with E-state index in [1.54, 1.807) is 7.05 Å². The van der Waals surface area contributed by atoms with Crippen molar-refractivity contribution >= 4 is 5.91 Å². The van der Waals surface area contributed by atoms with Crippen LogP contribution in [0.25, 0.3) is 0 Å². The van der Waals surface area contributed by atoms with Crippen LogP contribution in [0.1, 0.15) is 11.7 Å². The number of carbonyl (C=O) groups is 1. The summed E-state index contributed by atoms with van der Waals surface area (Å²) in [7, 11) is 1.62. The van der Waals surface area contributed by atoms with Crippen LogP contribution >= 0.6 is 0 Å². The van der Waals surface area contributed by atoms with Gasteiger partial charge in [-0.05, 0) is 5.56 Å². The first kappa shape index (κ1) is 8.26. The van der Waals surface area contributed by atoms with Crippen molar-refractivity contribution in [1.82, 2.24) is 5.32 Å². The SMILES string of the molecule is CNC(=O)[C@@H]1O[C@@H]1c1ccccc1. The molecule has 1 aliphatic heterocycles. The number of hydrogen-bond acceptors (Lipinski definition) is 2. The van der Waals surface area contributed by atoms with Gasteiger partial charge in [0, 0.05) is 7.05 Å². The van der Waals surface area contributed by atoms with Crippen molar-refractivity contribution in [2.24, 2.45) is 0 Å². The lowest BCUT2D eigenvalue weighted by atomic mass is 10.1. The molecular weight excluding hydrogens is 166 g/mol. The average molecular weight is 177 g/mol. The third-order valence-electron chi connectivity index (χ3n) is 2.12. The maximum absolute atomic E-state index is 11.1. The first-order valence-corrected chi connectivity index (χ1v) is 4.25. The van der Waals surface area contributed by atoms with Gasteiger partial charge in [0.15, 0.2) is 6.10 Å². The number of benzene rings is 1. The molecule has 0 aliphatic carbocycles. The summed E-state index contributed by atoms with van der Waals surface area (Å²) in [5, 5.41) is 2.56. The Morgan fingerprint density at radius 2 is 2.08 bits per heavy atom. The van der Waals surface area contributed by atoms with E-state index in [0.29, 0.717) is 0 Å². The van der Waals surface area contributed by atoms with Crippen LogP contribution in [0.5, 0.6) is 0 Å². The highest BCUT2D eigenvalue weighted by molar-refractivity contribution is 5.83. The molecule has 3 heteroatoms. The Labute approximate surface area is 76.7 Å². The number of carbonyl (C=O) groups excluding carboxylic acids is 1. The molecule has 1 aromatic rings. The molecule has 1 saturated heterocycles. The molecule has 1 amide bonds. The Kier molecular flexibility index (Phi) is 2.02. The molecule has 2 atom stereocenters. The predicted molar refractivity (Wildman–Crippen MR) is 48.1 cm³/mol. The molecule has 0 saturated carbocycles. The first-order chi connectivity index (χ1) is 6.33. The Morgan fingerprint density at radius 3 is 2.69 bits per heavy atom. The number of rotatable bonds is 2. The minimum atomic E-state index is -0.285. The molecule has 1 N–H and O–H groups in total. The van der Waals surface area contributed by atoms with Gasteiger partial charge < -0.3 is 10.1 Å². The number of ether oxygens (including phenoxy) is 1. The largest absolute Gasteiger partial charge is 0.357 e. The van der Waals surface area contributed by atoms with E-state index in [2.05, 4.69) is 5.32 Å². The van der Waals surface area contributed by atoms with Gasteiger partial charge in [0.05, 0.1) is 0 Å². The van der Waals surface area contributed by atoms with Gasteiger partial charge in [-0.25, -0.2) is 0 Å². The minimum absolute atomic E-state index is 0.0406. The summed E-state index contributed by atoms with van der Waals surface area (Å²) in [6.07, 6.45) is -0.325. The normalized spacial score (nSPS) is 25.3. The van der Waals surface area contributed by atoms with Crippen molar-refractivity contribution in [3.63, 3.8) is 0 Å². The summed E-state index contributed by atoms with van der Waals surface area (Å²) >= 11 is 0. The molecule has 0 spiro atoms. The van der Waals surface area contributed by atoms with Gasteiger partial charge in [-0.2, -0.15) is 0 Å². The Hall–Kier alpha value is -1.35. The number of likely N-dealkylation sites (N-methyl/N-ethyl adjacent to an activating group) is 1. The van der Waals surface area contributed by atoms with E-state index in [9.17, 15) is 4.79 Å². The number of epoxide rings is 1. The highest BCUT2D eigenvalue weighted by atomic mass is 16.6. The topological polar surface area (TPSA) is 41.6 Å². The summed E-state index contributed by atoms with van der Waals surface area (Å²) in [6, 6.07) is 9.76. The summed E-state index contributed by atoms with van der Waals surface area (Å²) in [5.74, 6) is -0.0474. The fraction of sp³-hybridized carbons (Fsp3) is 0.300. The van der Waals surface area contributed by atoms with E-state index in [1.165, 1.54) is 0 Å². The summed E-state index contributed by atoms with van der Waals surface area (Å²) in [5.41, 5.74) is 1.07. The molecule has 1 aliphatic rings. The number of nitrogens with one attached hydrogen (secondary N) is 1.